The molecule has 1 fully saturated rings. The Hall–Kier alpha value is -1.92. The number of halogens is 2. The molecule has 2 aromatic carbocycles. The first-order chi connectivity index (χ1) is 13.5. The summed E-state index contributed by atoms with van der Waals surface area (Å²) in [6.07, 6.45) is 1.95. The second-order valence-electron chi connectivity index (χ2n) is 7.25. The van der Waals surface area contributed by atoms with Crippen LogP contribution in [0.25, 0.3) is 0 Å². The Kier molecular flexibility index (Phi) is 7.45. The van der Waals surface area contributed by atoms with E-state index >= 15 is 0 Å². The third-order valence-electron chi connectivity index (χ3n) is 5.10. The molecule has 2 aromatic rings. The molecule has 0 radical (unpaired) electrons. The Morgan fingerprint density at radius 3 is 2.64 bits per heavy atom. The zero-order valence-electron chi connectivity index (χ0n) is 16.3. The number of hydrogen-bond donors (Lipinski definition) is 1. The number of carbonyl (C=O) groups excluding carboxylic acids is 1. The smallest absolute Gasteiger partial charge is 0.252 e. The molecule has 28 heavy (non-hydrogen) atoms. The zero-order chi connectivity index (χ0) is 19.9. The van der Waals surface area contributed by atoms with Crippen LogP contribution in [0.4, 0.5) is 10.1 Å². The largest absolute Gasteiger partial charge is 0.369 e. The van der Waals surface area contributed by atoms with Crippen molar-refractivity contribution >= 4 is 27.5 Å². The predicted molar refractivity (Wildman–Crippen MR) is 115 cm³/mol. The van der Waals surface area contributed by atoms with Crippen molar-refractivity contribution in [2.45, 2.75) is 19.8 Å². The van der Waals surface area contributed by atoms with E-state index in [1.165, 1.54) is 23.4 Å². The van der Waals surface area contributed by atoms with Crippen LogP contribution in [0.5, 0.6) is 0 Å². The molecule has 6 heteroatoms. The van der Waals surface area contributed by atoms with Crippen LogP contribution in [-0.2, 0) is 0 Å². The van der Waals surface area contributed by atoms with Crippen molar-refractivity contribution in [3.63, 3.8) is 0 Å². The van der Waals surface area contributed by atoms with Gasteiger partial charge < -0.3 is 10.2 Å². The lowest BCUT2D eigenvalue weighted by molar-refractivity contribution is 0.0951. The topological polar surface area (TPSA) is 35.6 Å². The van der Waals surface area contributed by atoms with E-state index in [9.17, 15) is 9.18 Å². The maximum atomic E-state index is 13.3. The van der Waals surface area contributed by atoms with Gasteiger partial charge in [-0.1, -0.05) is 12.1 Å². The molecule has 1 heterocycles. The molecular formula is C22H27BrFN3O. The van der Waals surface area contributed by atoms with Gasteiger partial charge in [0.15, 0.2) is 0 Å². The van der Waals surface area contributed by atoms with Gasteiger partial charge in [0.05, 0.1) is 5.56 Å². The number of piperazine rings is 1. The molecule has 1 aliphatic heterocycles. The van der Waals surface area contributed by atoms with Gasteiger partial charge in [0.1, 0.15) is 5.82 Å². The van der Waals surface area contributed by atoms with E-state index in [1.54, 1.807) is 6.07 Å². The number of carbonyl (C=O) groups is 1. The Balaban J connectivity index is 1.33. The van der Waals surface area contributed by atoms with Gasteiger partial charge >= 0.3 is 0 Å². The number of hydrogen-bond acceptors (Lipinski definition) is 3. The van der Waals surface area contributed by atoms with Crippen molar-refractivity contribution in [3.8, 4) is 0 Å². The number of unbranched alkanes of at least 4 members (excludes halogenated alkanes) is 1. The minimum Gasteiger partial charge on any atom is -0.369 e. The average molecular weight is 448 g/mol. The first kappa shape index (κ1) is 20.8. The molecule has 0 aliphatic carbocycles. The van der Waals surface area contributed by atoms with Crippen molar-refractivity contribution in [2.75, 3.05) is 44.2 Å². The van der Waals surface area contributed by atoms with Crippen molar-refractivity contribution in [1.82, 2.24) is 10.2 Å². The van der Waals surface area contributed by atoms with Crippen LogP contribution in [0.3, 0.4) is 0 Å². The zero-order valence-corrected chi connectivity index (χ0v) is 17.8. The number of amides is 1. The number of rotatable bonds is 7. The van der Waals surface area contributed by atoms with Crippen molar-refractivity contribution in [3.05, 3.63) is 63.9 Å². The molecular weight excluding hydrogens is 421 g/mol. The van der Waals surface area contributed by atoms with E-state index in [1.807, 2.05) is 0 Å². The SMILES string of the molecule is Cc1cccc(N2CCN(CCCCNC(=O)c3cc(F)ccc3Br)CC2)c1. The third kappa shape index (κ3) is 5.79. The lowest BCUT2D eigenvalue weighted by atomic mass is 10.2. The van der Waals surface area contributed by atoms with Gasteiger partial charge in [-0.3, -0.25) is 9.69 Å². The lowest BCUT2D eigenvalue weighted by Gasteiger charge is -2.36. The molecule has 0 atom stereocenters. The molecule has 1 amide bonds. The summed E-state index contributed by atoms with van der Waals surface area (Å²) in [6, 6.07) is 12.8. The molecule has 150 valence electrons. The fraction of sp³-hybridized carbons (Fsp3) is 0.409. The first-order valence-corrected chi connectivity index (χ1v) is 10.6. The normalized spacial score (nSPS) is 14.9. The van der Waals surface area contributed by atoms with E-state index in [-0.39, 0.29) is 5.91 Å². The standard InChI is InChI=1S/C22H27BrFN3O/c1-17-5-4-6-19(15-17)27-13-11-26(12-14-27)10-3-2-9-25-22(28)20-16-18(24)7-8-21(20)23/h4-8,15-16H,2-3,9-14H2,1H3,(H,25,28). The van der Waals surface area contributed by atoms with Gasteiger partial charge in [-0.25, -0.2) is 4.39 Å². The summed E-state index contributed by atoms with van der Waals surface area (Å²) >= 11 is 3.29. The minimum absolute atomic E-state index is 0.238. The van der Waals surface area contributed by atoms with E-state index in [4.69, 9.17) is 0 Å². The van der Waals surface area contributed by atoms with Crippen LogP contribution < -0.4 is 10.2 Å². The molecule has 0 saturated carbocycles. The van der Waals surface area contributed by atoms with Gasteiger partial charge in [-0.2, -0.15) is 0 Å². The van der Waals surface area contributed by atoms with Crippen LogP contribution in [0, 0.1) is 12.7 Å². The van der Waals surface area contributed by atoms with Gasteiger partial charge in [0.2, 0.25) is 0 Å². The number of nitrogens with zero attached hydrogens (tertiary/aromatic N) is 2. The highest BCUT2D eigenvalue weighted by molar-refractivity contribution is 9.10. The van der Waals surface area contributed by atoms with E-state index < -0.39 is 5.82 Å². The second-order valence-corrected chi connectivity index (χ2v) is 8.11. The van der Waals surface area contributed by atoms with Crippen LogP contribution in [-0.4, -0.2) is 50.1 Å². The highest BCUT2D eigenvalue weighted by Gasteiger charge is 2.17. The van der Waals surface area contributed by atoms with Crippen molar-refractivity contribution in [1.29, 1.82) is 0 Å². The Morgan fingerprint density at radius 2 is 1.89 bits per heavy atom. The number of anilines is 1. The summed E-state index contributed by atoms with van der Waals surface area (Å²) in [6.45, 7) is 8.01. The highest BCUT2D eigenvalue weighted by atomic mass is 79.9. The second kappa shape index (κ2) is 10.0. The lowest BCUT2D eigenvalue weighted by Crippen LogP contribution is -2.46. The third-order valence-corrected chi connectivity index (χ3v) is 5.79. The Morgan fingerprint density at radius 1 is 1.11 bits per heavy atom. The van der Waals surface area contributed by atoms with E-state index in [0.29, 0.717) is 16.6 Å². The van der Waals surface area contributed by atoms with Crippen LogP contribution in [0.2, 0.25) is 0 Å². The molecule has 0 bridgehead atoms. The average Bonchev–Trinajstić information content (AvgIpc) is 2.70. The van der Waals surface area contributed by atoms with Gasteiger partial charge in [0, 0.05) is 42.9 Å². The summed E-state index contributed by atoms with van der Waals surface area (Å²) in [5, 5.41) is 2.88. The number of aryl methyl sites for hydroxylation is 1. The first-order valence-electron chi connectivity index (χ1n) is 9.80. The number of nitrogens with one attached hydrogen (secondary N) is 1. The van der Waals surface area contributed by atoms with Crippen molar-refractivity contribution in [2.24, 2.45) is 0 Å². The fourth-order valence-electron chi connectivity index (χ4n) is 3.48. The summed E-state index contributed by atoms with van der Waals surface area (Å²) in [7, 11) is 0. The molecule has 3 rings (SSSR count). The molecule has 1 saturated heterocycles. The van der Waals surface area contributed by atoms with Gasteiger partial charge in [-0.05, 0) is 78.1 Å². The van der Waals surface area contributed by atoms with Crippen LogP contribution in [0.1, 0.15) is 28.8 Å². The van der Waals surface area contributed by atoms with Crippen molar-refractivity contribution < 1.29 is 9.18 Å². The molecule has 0 unspecified atom stereocenters. The van der Waals surface area contributed by atoms with Crippen LogP contribution >= 0.6 is 15.9 Å². The molecule has 1 N–H and O–H groups in total. The molecule has 4 nitrogen and oxygen atoms in total. The summed E-state index contributed by atoms with van der Waals surface area (Å²) in [4.78, 5) is 17.1. The number of benzene rings is 2. The Labute approximate surface area is 174 Å². The molecule has 0 spiro atoms. The van der Waals surface area contributed by atoms with Gasteiger partial charge in [0.25, 0.3) is 5.91 Å². The summed E-state index contributed by atoms with van der Waals surface area (Å²) in [5.41, 5.74) is 2.95. The van der Waals surface area contributed by atoms with E-state index in [2.05, 4.69) is 62.2 Å². The van der Waals surface area contributed by atoms with Crippen LogP contribution in [0.15, 0.2) is 46.9 Å². The Bertz CT molecular complexity index is 806. The minimum atomic E-state index is -0.404. The maximum absolute atomic E-state index is 13.3. The highest BCUT2D eigenvalue weighted by Crippen LogP contribution is 2.19. The monoisotopic (exact) mass is 447 g/mol. The maximum Gasteiger partial charge on any atom is 0.252 e. The summed E-state index contributed by atoms with van der Waals surface area (Å²) in [5.74, 6) is -0.642. The summed E-state index contributed by atoms with van der Waals surface area (Å²) < 4.78 is 13.9. The quantitative estimate of drug-likeness (QED) is 0.645. The van der Waals surface area contributed by atoms with Gasteiger partial charge in [-0.15, -0.1) is 0 Å². The predicted octanol–water partition coefficient (Wildman–Crippen LogP) is 4.23. The van der Waals surface area contributed by atoms with E-state index in [0.717, 1.165) is 45.6 Å². The fourth-order valence-corrected chi connectivity index (χ4v) is 3.91. The molecule has 0 aromatic heterocycles. The molecule has 1 aliphatic rings.